The predicted octanol–water partition coefficient (Wildman–Crippen LogP) is 2.46. The van der Waals surface area contributed by atoms with Crippen molar-refractivity contribution in [3.05, 3.63) is 35.1 Å². The number of hydrogen-bond acceptors (Lipinski definition) is 2. The second kappa shape index (κ2) is 3.55. The van der Waals surface area contributed by atoms with Gasteiger partial charge in [0.25, 0.3) is 0 Å². The quantitative estimate of drug-likeness (QED) is 0.771. The van der Waals surface area contributed by atoms with Gasteiger partial charge >= 0.3 is 0 Å². The Kier molecular flexibility index (Phi) is 2.54. The molecular weight excluding hydrogens is 199 g/mol. The van der Waals surface area contributed by atoms with Crippen molar-refractivity contribution >= 4 is 11.8 Å². The van der Waals surface area contributed by atoms with E-state index in [0.29, 0.717) is 17.7 Å². The molecule has 0 aliphatic carbocycles. The van der Waals surface area contributed by atoms with Crippen LogP contribution < -0.4 is 0 Å². The molecule has 0 saturated carbocycles. The average Bonchev–Trinajstić information content (AvgIpc) is 2.58. The normalized spacial score (nSPS) is 26.8. The van der Waals surface area contributed by atoms with Crippen LogP contribution in [0.4, 0.5) is 4.39 Å². The molecule has 1 aliphatic rings. The molecule has 1 aromatic rings. The van der Waals surface area contributed by atoms with Gasteiger partial charge in [0.15, 0.2) is 0 Å². The Morgan fingerprint density at radius 2 is 2.29 bits per heavy atom. The third kappa shape index (κ3) is 1.66. The standard InChI is InChI=1S/C11H13FOS/c1-8-2-3-10(12)9(6-8)11(13)4-5-14-7-11/h2-3,6,13H,4-5,7H2,1H3. The lowest BCUT2D eigenvalue weighted by molar-refractivity contribution is 0.0618. The van der Waals surface area contributed by atoms with Crippen molar-refractivity contribution in [3.8, 4) is 0 Å². The molecular formula is C11H13FOS. The number of thioether (sulfide) groups is 1. The molecule has 1 atom stereocenters. The Morgan fingerprint density at radius 3 is 2.93 bits per heavy atom. The van der Waals surface area contributed by atoms with E-state index < -0.39 is 5.60 Å². The van der Waals surface area contributed by atoms with Gasteiger partial charge in [-0.2, -0.15) is 11.8 Å². The summed E-state index contributed by atoms with van der Waals surface area (Å²) in [5.74, 6) is 1.22. The number of benzene rings is 1. The third-order valence-electron chi connectivity index (χ3n) is 2.62. The fourth-order valence-electron chi connectivity index (χ4n) is 1.76. The van der Waals surface area contributed by atoms with Crippen LogP contribution in [-0.4, -0.2) is 16.6 Å². The van der Waals surface area contributed by atoms with Crippen LogP contribution in [0, 0.1) is 12.7 Å². The van der Waals surface area contributed by atoms with E-state index in [9.17, 15) is 9.50 Å². The van der Waals surface area contributed by atoms with Crippen molar-refractivity contribution in [2.45, 2.75) is 18.9 Å². The summed E-state index contributed by atoms with van der Waals surface area (Å²) < 4.78 is 13.5. The first-order chi connectivity index (χ1) is 6.62. The second-order valence-corrected chi connectivity index (χ2v) is 4.92. The van der Waals surface area contributed by atoms with Gasteiger partial charge in [-0.25, -0.2) is 4.39 Å². The van der Waals surface area contributed by atoms with Crippen molar-refractivity contribution in [3.63, 3.8) is 0 Å². The molecule has 1 N–H and O–H groups in total. The van der Waals surface area contributed by atoms with Gasteiger partial charge in [0.05, 0.1) is 0 Å². The Bertz CT molecular complexity index is 345. The molecule has 14 heavy (non-hydrogen) atoms. The Labute approximate surface area is 87.3 Å². The lowest BCUT2D eigenvalue weighted by atomic mass is 9.92. The first-order valence-electron chi connectivity index (χ1n) is 4.69. The smallest absolute Gasteiger partial charge is 0.129 e. The summed E-state index contributed by atoms with van der Waals surface area (Å²) in [6.45, 7) is 1.91. The lowest BCUT2D eigenvalue weighted by Crippen LogP contribution is -2.26. The summed E-state index contributed by atoms with van der Waals surface area (Å²) >= 11 is 1.67. The summed E-state index contributed by atoms with van der Waals surface area (Å²) in [4.78, 5) is 0. The molecule has 0 aromatic heterocycles. The molecule has 1 heterocycles. The van der Waals surface area contributed by atoms with Crippen LogP contribution in [-0.2, 0) is 5.60 Å². The van der Waals surface area contributed by atoms with E-state index in [1.54, 1.807) is 23.9 Å². The molecule has 1 saturated heterocycles. The van der Waals surface area contributed by atoms with Crippen LogP contribution >= 0.6 is 11.8 Å². The predicted molar refractivity (Wildman–Crippen MR) is 57.0 cm³/mol. The maximum Gasteiger partial charge on any atom is 0.129 e. The highest BCUT2D eigenvalue weighted by molar-refractivity contribution is 7.99. The molecule has 1 unspecified atom stereocenters. The highest BCUT2D eigenvalue weighted by atomic mass is 32.2. The highest BCUT2D eigenvalue weighted by Gasteiger charge is 2.35. The van der Waals surface area contributed by atoms with Gasteiger partial charge in [0, 0.05) is 11.3 Å². The summed E-state index contributed by atoms with van der Waals surface area (Å²) in [5, 5.41) is 10.2. The van der Waals surface area contributed by atoms with Crippen molar-refractivity contribution in [1.29, 1.82) is 0 Å². The fraction of sp³-hybridized carbons (Fsp3) is 0.455. The van der Waals surface area contributed by atoms with Gasteiger partial charge in [-0.05, 0) is 25.2 Å². The summed E-state index contributed by atoms with van der Waals surface area (Å²) in [6.07, 6.45) is 0.651. The first-order valence-corrected chi connectivity index (χ1v) is 5.84. The van der Waals surface area contributed by atoms with Gasteiger partial charge in [-0.1, -0.05) is 17.7 Å². The van der Waals surface area contributed by atoms with Crippen LogP contribution in [0.5, 0.6) is 0 Å². The maximum atomic E-state index is 13.5. The van der Waals surface area contributed by atoms with Gasteiger partial charge in [0.2, 0.25) is 0 Å². The van der Waals surface area contributed by atoms with E-state index in [4.69, 9.17) is 0 Å². The van der Waals surface area contributed by atoms with Crippen molar-refractivity contribution in [2.24, 2.45) is 0 Å². The van der Waals surface area contributed by atoms with Crippen LogP contribution in [0.1, 0.15) is 17.5 Å². The SMILES string of the molecule is Cc1ccc(F)c(C2(O)CCSC2)c1. The minimum absolute atomic E-state index is 0.291. The molecule has 0 amide bonds. The monoisotopic (exact) mass is 212 g/mol. The van der Waals surface area contributed by atoms with Crippen LogP contribution in [0.2, 0.25) is 0 Å². The van der Waals surface area contributed by atoms with E-state index in [0.717, 1.165) is 11.3 Å². The van der Waals surface area contributed by atoms with Crippen molar-refractivity contribution in [1.82, 2.24) is 0 Å². The molecule has 1 aliphatic heterocycles. The number of rotatable bonds is 1. The van der Waals surface area contributed by atoms with Gasteiger partial charge < -0.3 is 5.11 Å². The van der Waals surface area contributed by atoms with Gasteiger partial charge in [-0.15, -0.1) is 0 Å². The molecule has 1 aromatic carbocycles. The second-order valence-electron chi connectivity index (χ2n) is 3.82. The van der Waals surface area contributed by atoms with Crippen LogP contribution in [0.25, 0.3) is 0 Å². The molecule has 0 radical (unpaired) electrons. The molecule has 76 valence electrons. The van der Waals surface area contributed by atoms with Gasteiger partial charge in [-0.3, -0.25) is 0 Å². The Morgan fingerprint density at radius 1 is 1.50 bits per heavy atom. The zero-order valence-corrected chi connectivity index (χ0v) is 8.90. The van der Waals surface area contributed by atoms with E-state index in [-0.39, 0.29) is 5.82 Å². The minimum Gasteiger partial charge on any atom is -0.384 e. The van der Waals surface area contributed by atoms with Crippen molar-refractivity contribution in [2.75, 3.05) is 11.5 Å². The number of hydrogen-bond donors (Lipinski definition) is 1. The highest BCUT2D eigenvalue weighted by Crippen LogP contribution is 2.37. The topological polar surface area (TPSA) is 20.2 Å². The maximum absolute atomic E-state index is 13.5. The van der Waals surface area contributed by atoms with E-state index in [1.165, 1.54) is 6.07 Å². The third-order valence-corrected chi connectivity index (χ3v) is 3.80. The summed E-state index contributed by atoms with van der Waals surface area (Å²) in [7, 11) is 0. The molecule has 0 bridgehead atoms. The van der Waals surface area contributed by atoms with Crippen LogP contribution in [0.3, 0.4) is 0 Å². The summed E-state index contributed by atoms with van der Waals surface area (Å²) in [5.41, 5.74) is 0.509. The van der Waals surface area contributed by atoms with Crippen molar-refractivity contribution < 1.29 is 9.50 Å². The Balaban J connectivity index is 2.44. The molecule has 3 heteroatoms. The zero-order chi connectivity index (χ0) is 10.2. The average molecular weight is 212 g/mol. The molecule has 1 nitrogen and oxygen atoms in total. The van der Waals surface area contributed by atoms with E-state index in [1.807, 2.05) is 6.92 Å². The molecule has 2 rings (SSSR count). The van der Waals surface area contributed by atoms with Crippen LogP contribution in [0.15, 0.2) is 18.2 Å². The zero-order valence-electron chi connectivity index (χ0n) is 8.09. The lowest BCUT2D eigenvalue weighted by Gasteiger charge is -2.22. The van der Waals surface area contributed by atoms with E-state index in [2.05, 4.69) is 0 Å². The number of halogens is 1. The number of aryl methyl sites for hydroxylation is 1. The largest absolute Gasteiger partial charge is 0.384 e. The summed E-state index contributed by atoms with van der Waals surface area (Å²) in [6, 6.07) is 4.91. The van der Waals surface area contributed by atoms with Gasteiger partial charge in [0.1, 0.15) is 11.4 Å². The van der Waals surface area contributed by atoms with E-state index >= 15 is 0 Å². The number of aliphatic hydroxyl groups is 1. The Hall–Kier alpha value is -0.540. The molecule has 0 spiro atoms. The first kappa shape index (κ1) is 9.99. The molecule has 1 fully saturated rings. The minimum atomic E-state index is -0.944. The fourth-order valence-corrected chi connectivity index (χ4v) is 3.03.